The van der Waals surface area contributed by atoms with Crippen LogP contribution >= 0.6 is 23.1 Å². The Kier molecular flexibility index (Phi) is 5.91. The van der Waals surface area contributed by atoms with E-state index in [1.807, 2.05) is 60.0 Å². The lowest BCUT2D eigenvalue weighted by atomic mass is 10.2. The minimum Gasteiger partial charge on any atom is -0.497 e. The summed E-state index contributed by atoms with van der Waals surface area (Å²) in [6, 6.07) is 17.7. The number of thiazole rings is 1. The number of amides is 1. The third kappa shape index (κ3) is 4.53. The Balaban J connectivity index is 1.25. The fourth-order valence-electron chi connectivity index (χ4n) is 3.31. The van der Waals surface area contributed by atoms with Gasteiger partial charge in [0.15, 0.2) is 10.3 Å². The van der Waals surface area contributed by atoms with Crippen LogP contribution in [0, 0.1) is 0 Å². The molecule has 2 aromatic heterocycles. The van der Waals surface area contributed by atoms with E-state index < -0.39 is 0 Å². The number of hydrogen-bond acceptors (Lipinski definition) is 7. The Labute approximate surface area is 193 Å². The molecule has 2 aromatic carbocycles. The van der Waals surface area contributed by atoms with E-state index in [-0.39, 0.29) is 11.7 Å². The van der Waals surface area contributed by atoms with Gasteiger partial charge in [-0.15, -0.1) is 21.5 Å². The second-order valence-corrected chi connectivity index (χ2v) is 9.19. The van der Waals surface area contributed by atoms with Crippen molar-refractivity contribution >= 4 is 34.1 Å². The van der Waals surface area contributed by atoms with E-state index in [2.05, 4.69) is 25.1 Å². The highest BCUT2D eigenvalue weighted by molar-refractivity contribution is 7.99. The maximum atomic E-state index is 12.6. The number of aromatic nitrogens is 4. The highest BCUT2D eigenvalue weighted by Crippen LogP contribution is 2.41. The van der Waals surface area contributed by atoms with Crippen LogP contribution in [0.1, 0.15) is 24.6 Å². The Morgan fingerprint density at radius 2 is 1.94 bits per heavy atom. The van der Waals surface area contributed by atoms with Crippen LogP contribution in [-0.4, -0.2) is 38.5 Å². The van der Waals surface area contributed by atoms with Crippen LogP contribution in [0.2, 0.25) is 0 Å². The zero-order valence-electron chi connectivity index (χ0n) is 17.4. The molecule has 1 aliphatic rings. The first-order valence-corrected chi connectivity index (χ1v) is 12.1. The SMILES string of the molecule is COc1ccc(-c2csc(NC(=O)CSc3nnc(C4CC4)n3-c3ccccc3)n2)cc1. The summed E-state index contributed by atoms with van der Waals surface area (Å²) in [4.78, 5) is 17.1. The fourth-order valence-corrected chi connectivity index (χ4v) is 4.81. The summed E-state index contributed by atoms with van der Waals surface area (Å²) in [6.45, 7) is 0. The second-order valence-electron chi connectivity index (χ2n) is 7.39. The van der Waals surface area contributed by atoms with E-state index in [0.29, 0.717) is 11.0 Å². The lowest BCUT2D eigenvalue weighted by molar-refractivity contribution is -0.113. The van der Waals surface area contributed by atoms with Crippen molar-refractivity contribution in [1.29, 1.82) is 0 Å². The third-order valence-electron chi connectivity index (χ3n) is 5.08. The normalized spacial score (nSPS) is 13.2. The van der Waals surface area contributed by atoms with Gasteiger partial charge in [0, 0.05) is 22.5 Å². The highest BCUT2D eigenvalue weighted by atomic mass is 32.2. The van der Waals surface area contributed by atoms with Gasteiger partial charge in [-0.3, -0.25) is 9.36 Å². The van der Waals surface area contributed by atoms with Crippen LogP contribution in [0.4, 0.5) is 5.13 Å². The number of nitrogens with zero attached hydrogens (tertiary/aromatic N) is 4. The van der Waals surface area contributed by atoms with Crippen molar-refractivity contribution in [1.82, 2.24) is 19.7 Å². The molecule has 1 saturated carbocycles. The summed E-state index contributed by atoms with van der Waals surface area (Å²) in [7, 11) is 1.64. The van der Waals surface area contributed by atoms with Gasteiger partial charge in [0.05, 0.1) is 18.6 Å². The van der Waals surface area contributed by atoms with Gasteiger partial charge >= 0.3 is 0 Å². The summed E-state index contributed by atoms with van der Waals surface area (Å²) in [5.41, 5.74) is 2.81. The van der Waals surface area contributed by atoms with Crippen LogP contribution in [0.25, 0.3) is 16.9 Å². The lowest BCUT2D eigenvalue weighted by Gasteiger charge is -2.09. The molecule has 0 aliphatic heterocycles. The summed E-state index contributed by atoms with van der Waals surface area (Å²) in [6.07, 6.45) is 2.27. The number of rotatable bonds is 8. The average Bonchev–Trinajstić information content (AvgIpc) is 3.42. The van der Waals surface area contributed by atoms with E-state index in [9.17, 15) is 4.79 Å². The number of benzene rings is 2. The van der Waals surface area contributed by atoms with Crippen molar-refractivity contribution in [3.05, 3.63) is 65.8 Å². The molecule has 0 bridgehead atoms. The first-order valence-electron chi connectivity index (χ1n) is 10.2. The first-order chi connectivity index (χ1) is 15.7. The summed E-state index contributed by atoms with van der Waals surface area (Å²) in [5, 5.41) is 14.9. The largest absolute Gasteiger partial charge is 0.497 e. The molecule has 2 heterocycles. The molecule has 1 amide bonds. The molecule has 9 heteroatoms. The Morgan fingerprint density at radius 3 is 2.66 bits per heavy atom. The van der Waals surface area contributed by atoms with Gasteiger partial charge in [-0.2, -0.15) is 0 Å². The van der Waals surface area contributed by atoms with Crippen LogP contribution in [0.15, 0.2) is 65.1 Å². The number of carbonyl (C=O) groups is 1. The Hall–Kier alpha value is -3.17. The molecule has 0 saturated heterocycles. The number of methoxy groups -OCH3 is 1. The van der Waals surface area contributed by atoms with Crippen molar-refractivity contribution in [2.75, 3.05) is 18.2 Å². The molecule has 1 N–H and O–H groups in total. The number of ether oxygens (including phenoxy) is 1. The molecule has 5 rings (SSSR count). The van der Waals surface area contributed by atoms with Crippen molar-refractivity contribution in [2.24, 2.45) is 0 Å². The second kappa shape index (κ2) is 9.13. The number of thioether (sulfide) groups is 1. The molecule has 0 spiro atoms. The zero-order chi connectivity index (χ0) is 21.9. The van der Waals surface area contributed by atoms with Gasteiger partial charge in [-0.05, 0) is 49.2 Å². The molecule has 7 nitrogen and oxygen atoms in total. The van der Waals surface area contributed by atoms with Crippen LogP contribution in [0.5, 0.6) is 5.75 Å². The number of nitrogens with one attached hydrogen (secondary N) is 1. The summed E-state index contributed by atoms with van der Waals surface area (Å²) >= 11 is 2.79. The molecule has 0 unspecified atom stereocenters. The predicted molar refractivity (Wildman–Crippen MR) is 127 cm³/mol. The first kappa shape index (κ1) is 20.7. The maximum Gasteiger partial charge on any atom is 0.236 e. The van der Waals surface area contributed by atoms with E-state index in [4.69, 9.17) is 4.74 Å². The molecule has 0 atom stereocenters. The van der Waals surface area contributed by atoms with E-state index in [0.717, 1.165) is 46.5 Å². The molecule has 162 valence electrons. The fraction of sp³-hybridized carbons (Fsp3) is 0.217. The summed E-state index contributed by atoms with van der Waals surface area (Å²) < 4.78 is 7.26. The average molecular weight is 464 g/mol. The van der Waals surface area contributed by atoms with E-state index in [1.54, 1.807) is 7.11 Å². The van der Waals surface area contributed by atoms with E-state index in [1.165, 1.54) is 23.1 Å². The van der Waals surface area contributed by atoms with Crippen LogP contribution < -0.4 is 10.1 Å². The highest BCUT2D eigenvalue weighted by Gasteiger charge is 2.31. The van der Waals surface area contributed by atoms with E-state index >= 15 is 0 Å². The lowest BCUT2D eigenvalue weighted by Crippen LogP contribution is -2.14. The van der Waals surface area contributed by atoms with Crippen molar-refractivity contribution < 1.29 is 9.53 Å². The van der Waals surface area contributed by atoms with Gasteiger partial charge in [0.25, 0.3) is 0 Å². The number of hydrogen-bond donors (Lipinski definition) is 1. The summed E-state index contributed by atoms with van der Waals surface area (Å²) in [5.74, 6) is 2.33. The number of carbonyl (C=O) groups excluding carboxylic acids is 1. The number of para-hydroxylation sites is 1. The van der Waals surface area contributed by atoms with Crippen molar-refractivity contribution in [3.63, 3.8) is 0 Å². The third-order valence-corrected chi connectivity index (χ3v) is 6.77. The topological polar surface area (TPSA) is 81.9 Å². The maximum absolute atomic E-state index is 12.6. The molecule has 1 fully saturated rings. The van der Waals surface area contributed by atoms with Crippen molar-refractivity contribution in [2.45, 2.75) is 23.9 Å². The minimum atomic E-state index is -0.124. The smallest absolute Gasteiger partial charge is 0.236 e. The minimum absolute atomic E-state index is 0.124. The molecule has 32 heavy (non-hydrogen) atoms. The molecule has 4 aromatic rings. The monoisotopic (exact) mass is 463 g/mol. The quantitative estimate of drug-likeness (QED) is 0.370. The Morgan fingerprint density at radius 1 is 1.16 bits per heavy atom. The van der Waals surface area contributed by atoms with Crippen LogP contribution in [0.3, 0.4) is 0 Å². The van der Waals surface area contributed by atoms with Gasteiger partial charge in [-0.25, -0.2) is 4.98 Å². The van der Waals surface area contributed by atoms with Crippen LogP contribution in [-0.2, 0) is 4.79 Å². The predicted octanol–water partition coefficient (Wildman–Crippen LogP) is 5.01. The molecular formula is C23H21N5O2S2. The van der Waals surface area contributed by atoms with Gasteiger partial charge in [-0.1, -0.05) is 30.0 Å². The van der Waals surface area contributed by atoms with Gasteiger partial charge in [0.2, 0.25) is 5.91 Å². The number of anilines is 1. The Bertz CT molecular complexity index is 1220. The molecular weight excluding hydrogens is 442 g/mol. The molecule has 1 aliphatic carbocycles. The zero-order valence-corrected chi connectivity index (χ0v) is 19.0. The van der Waals surface area contributed by atoms with Crippen molar-refractivity contribution in [3.8, 4) is 22.7 Å². The standard InChI is InChI=1S/C23H21N5O2S2/c1-30-18-11-9-15(10-12-18)19-13-31-22(24-19)25-20(29)14-32-23-27-26-21(16-7-8-16)28(23)17-5-3-2-4-6-17/h2-6,9-13,16H,7-8,14H2,1H3,(H,24,25,29). The molecule has 0 radical (unpaired) electrons. The van der Waals surface area contributed by atoms with Gasteiger partial charge in [0.1, 0.15) is 11.6 Å². The van der Waals surface area contributed by atoms with Gasteiger partial charge < -0.3 is 10.1 Å².